The van der Waals surface area contributed by atoms with E-state index in [-0.39, 0.29) is 0 Å². The second-order valence-corrected chi connectivity index (χ2v) is 5.67. The number of hydrogen-bond acceptors (Lipinski definition) is 2. The molecule has 2 atom stereocenters. The molecule has 2 unspecified atom stereocenters. The molecule has 0 amide bonds. The molecule has 1 aliphatic carbocycles. The molecule has 1 heterocycles. The molecule has 1 aromatic heterocycles. The predicted octanol–water partition coefficient (Wildman–Crippen LogP) is 2.60. The van der Waals surface area contributed by atoms with Crippen LogP contribution in [-0.4, -0.2) is 28.8 Å². The number of hydrogen-bond donors (Lipinski definition) is 1. The van der Waals surface area contributed by atoms with E-state index in [4.69, 9.17) is 11.6 Å². The third-order valence-corrected chi connectivity index (χ3v) is 4.55. The summed E-state index contributed by atoms with van der Waals surface area (Å²) in [6, 6.07) is 2.09. The molecule has 1 aliphatic rings. The van der Waals surface area contributed by atoms with Crippen LogP contribution in [-0.2, 0) is 13.5 Å². The summed E-state index contributed by atoms with van der Waals surface area (Å²) < 4.78 is 1.95. The fraction of sp³-hybridized carbons (Fsp3) is 0.786. The van der Waals surface area contributed by atoms with Crippen molar-refractivity contribution < 1.29 is 0 Å². The van der Waals surface area contributed by atoms with Crippen LogP contribution in [0.4, 0.5) is 0 Å². The van der Waals surface area contributed by atoms with Gasteiger partial charge in [-0.3, -0.25) is 4.68 Å². The summed E-state index contributed by atoms with van der Waals surface area (Å²) in [5, 5.41) is 7.77. The molecule has 102 valence electrons. The summed E-state index contributed by atoms with van der Waals surface area (Å²) in [6.07, 6.45) is 8.31. The number of nitrogens with one attached hydrogen (secondary N) is 1. The number of nitrogens with zero attached hydrogens (tertiary/aromatic N) is 2. The Labute approximate surface area is 115 Å². The van der Waals surface area contributed by atoms with E-state index < -0.39 is 0 Å². The van der Waals surface area contributed by atoms with Crippen molar-refractivity contribution in [3.8, 4) is 0 Å². The molecule has 1 aromatic rings. The lowest BCUT2D eigenvalue weighted by molar-refractivity contribution is 0.251. The highest BCUT2D eigenvalue weighted by molar-refractivity contribution is 6.18. The van der Waals surface area contributed by atoms with E-state index in [2.05, 4.69) is 16.5 Å². The van der Waals surface area contributed by atoms with Crippen LogP contribution < -0.4 is 5.32 Å². The molecule has 18 heavy (non-hydrogen) atoms. The smallest absolute Gasteiger partial charge is 0.0492 e. The first kappa shape index (κ1) is 13.9. The van der Waals surface area contributed by atoms with Gasteiger partial charge in [0.25, 0.3) is 0 Å². The SMILES string of the molecule is Cn1nccc1CCNCC1CCCCC1CCl. The van der Waals surface area contributed by atoms with Crippen molar-refractivity contribution in [2.75, 3.05) is 19.0 Å². The van der Waals surface area contributed by atoms with Crippen molar-refractivity contribution in [3.05, 3.63) is 18.0 Å². The first-order valence-corrected chi connectivity index (χ1v) is 7.58. The number of rotatable bonds is 6. The van der Waals surface area contributed by atoms with Gasteiger partial charge in [-0.1, -0.05) is 12.8 Å². The van der Waals surface area contributed by atoms with Gasteiger partial charge in [0.15, 0.2) is 0 Å². The van der Waals surface area contributed by atoms with E-state index in [1.165, 1.54) is 31.4 Å². The molecule has 4 heteroatoms. The molecule has 0 aliphatic heterocycles. The van der Waals surface area contributed by atoms with Crippen molar-refractivity contribution in [2.45, 2.75) is 32.1 Å². The van der Waals surface area contributed by atoms with Gasteiger partial charge < -0.3 is 5.32 Å². The van der Waals surface area contributed by atoms with E-state index in [0.717, 1.165) is 37.2 Å². The molecule has 0 bridgehead atoms. The Kier molecular flexibility index (Phi) is 5.51. The topological polar surface area (TPSA) is 29.9 Å². The second kappa shape index (κ2) is 7.15. The fourth-order valence-corrected chi connectivity index (χ4v) is 3.31. The highest BCUT2D eigenvalue weighted by atomic mass is 35.5. The Morgan fingerprint density at radius 3 is 2.83 bits per heavy atom. The Morgan fingerprint density at radius 1 is 1.39 bits per heavy atom. The Morgan fingerprint density at radius 2 is 2.17 bits per heavy atom. The standard InChI is InChI=1S/C14H24ClN3/c1-18-14(7-9-17-18)6-8-16-11-13-5-3-2-4-12(13)10-15/h7,9,12-13,16H,2-6,8,10-11H2,1H3. The van der Waals surface area contributed by atoms with Gasteiger partial charge >= 0.3 is 0 Å². The number of aromatic nitrogens is 2. The van der Waals surface area contributed by atoms with Crippen LogP contribution in [0, 0.1) is 11.8 Å². The van der Waals surface area contributed by atoms with Gasteiger partial charge in [-0.25, -0.2) is 0 Å². The highest BCUT2D eigenvalue weighted by Gasteiger charge is 2.23. The highest BCUT2D eigenvalue weighted by Crippen LogP contribution is 2.30. The van der Waals surface area contributed by atoms with Gasteiger partial charge in [0.2, 0.25) is 0 Å². The maximum absolute atomic E-state index is 6.05. The molecular weight excluding hydrogens is 246 g/mol. The quantitative estimate of drug-likeness (QED) is 0.636. The lowest BCUT2D eigenvalue weighted by Gasteiger charge is -2.30. The third kappa shape index (κ3) is 3.72. The van der Waals surface area contributed by atoms with Gasteiger partial charge in [0.05, 0.1) is 0 Å². The minimum absolute atomic E-state index is 0.726. The first-order valence-electron chi connectivity index (χ1n) is 7.05. The van der Waals surface area contributed by atoms with Crippen molar-refractivity contribution in [1.29, 1.82) is 0 Å². The van der Waals surface area contributed by atoms with Gasteiger partial charge in [0, 0.05) is 37.8 Å². The molecule has 2 rings (SSSR count). The summed E-state index contributed by atoms with van der Waals surface area (Å²) in [4.78, 5) is 0. The van der Waals surface area contributed by atoms with Crippen molar-refractivity contribution in [2.24, 2.45) is 18.9 Å². The summed E-state index contributed by atoms with van der Waals surface area (Å²) in [5.41, 5.74) is 1.29. The van der Waals surface area contributed by atoms with Crippen molar-refractivity contribution in [3.63, 3.8) is 0 Å². The summed E-state index contributed by atoms with van der Waals surface area (Å²) in [7, 11) is 2.00. The molecular formula is C14H24ClN3. The second-order valence-electron chi connectivity index (χ2n) is 5.36. The van der Waals surface area contributed by atoms with Crippen LogP contribution in [0.5, 0.6) is 0 Å². The average molecular weight is 270 g/mol. The number of halogens is 1. The van der Waals surface area contributed by atoms with Crippen LogP contribution in [0.1, 0.15) is 31.4 Å². The lowest BCUT2D eigenvalue weighted by Crippen LogP contribution is -2.32. The van der Waals surface area contributed by atoms with Crippen molar-refractivity contribution >= 4 is 11.6 Å². The zero-order chi connectivity index (χ0) is 12.8. The van der Waals surface area contributed by atoms with Crippen molar-refractivity contribution in [1.82, 2.24) is 15.1 Å². The Hall–Kier alpha value is -0.540. The largest absolute Gasteiger partial charge is 0.316 e. The lowest BCUT2D eigenvalue weighted by atomic mass is 9.80. The van der Waals surface area contributed by atoms with E-state index >= 15 is 0 Å². The van der Waals surface area contributed by atoms with Crippen LogP contribution in [0.15, 0.2) is 12.3 Å². The van der Waals surface area contributed by atoms with Gasteiger partial charge in [-0.2, -0.15) is 5.10 Å². The Bertz CT molecular complexity index is 351. The van der Waals surface area contributed by atoms with Gasteiger partial charge in [-0.05, 0) is 37.3 Å². The molecule has 0 saturated heterocycles. The van der Waals surface area contributed by atoms with Crippen LogP contribution in [0.2, 0.25) is 0 Å². The van der Waals surface area contributed by atoms with E-state index in [1.807, 2.05) is 17.9 Å². The van der Waals surface area contributed by atoms with Crippen LogP contribution >= 0.6 is 11.6 Å². The van der Waals surface area contributed by atoms with Gasteiger partial charge in [-0.15, -0.1) is 11.6 Å². The molecule has 1 saturated carbocycles. The Balaban J connectivity index is 1.67. The molecule has 1 N–H and O–H groups in total. The molecule has 1 fully saturated rings. The van der Waals surface area contributed by atoms with E-state index in [1.54, 1.807) is 0 Å². The zero-order valence-corrected chi connectivity index (χ0v) is 12.0. The molecule has 3 nitrogen and oxygen atoms in total. The maximum Gasteiger partial charge on any atom is 0.0492 e. The summed E-state index contributed by atoms with van der Waals surface area (Å²) in [5.74, 6) is 2.33. The molecule has 0 spiro atoms. The van der Waals surface area contributed by atoms with E-state index in [9.17, 15) is 0 Å². The van der Waals surface area contributed by atoms with Crippen LogP contribution in [0.3, 0.4) is 0 Å². The number of aryl methyl sites for hydroxylation is 1. The maximum atomic E-state index is 6.05. The predicted molar refractivity (Wildman–Crippen MR) is 75.9 cm³/mol. The fourth-order valence-electron chi connectivity index (χ4n) is 2.91. The zero-order valence-electron chi connectivity index (χ0n) is 11.2. The van der Waals surface area contributed by atoms with E-state index in [0.29, 0.717) is 0 Å². The number of alkyl halides is 1. The van der Waals surface area contributed by atoms with Crippen LogP contribution in [0.25, 0.3) is 0 Å². The normalized spacial score (nSPS) is 24.3. The minimum Gasteiger partial charge on any atom is -0.316 e. The monoisotopic (exact) mass is 269 g/mol. The first-order chi connectivity index (χ1) is 8.81. The average Bonchev–Trinajstić information content (AvgIpc) is 2.81. The third-order valence-electron chi connectivity index (χ3n) is 4.15. The molecule has 0 aromatic carbocycles. The summed E-state index contributed by atoms with van der Waals surface area (Å²) in [6.45, 7) is 2.15. The van der Waals surface area contributed by atoms with Gasteiger partial charge in [0.1, 0.15) is 0 Å². The molecule has 0 radical (unpaired) electrons. The minimum atomic E-state index is 0.726. The summed E-state index contributed by atoms with van der Waals surface area (Å²) >= 11 is 6.05.